The predicted molar refractivity (Wildman–Crippen MR) is 72.9 cm³/mol. The number of halogens is 2. The second-order valence-electron chi connectivity index (χ2n) is 4.64. The average Bonchev–Trinajstić information content (AvgIpc) is 2.31. The summed E-state index contributed by atoms with van der Waals surface area (Å²) in [7, 11) is -2.13. The van der Waals surface area contributed by atoms with Gasteiger partial charge in [-0.1, -0.05) is 0 Å². The molecule has 1 saturated carbocycles. The van der Waals surface area contributed by atoms with Crippen LogP contribution in [-0.4, -0.2) is 27.7 Å². The van der Waals surface area contributed by atoms with Crippen molar-refractivity contribution in [3.63, 3.8) is 0 Å². The Labute approximate surface area is 120 Å². The molecule has 1 aliphatic carbocycles. The summed E-state index contributed by atoms with van der Waals surface area (Å²) in [4.78, 5) is -0.0845. The van der Waals surface area contributed by atoms with Gasteiger partial charge in [-0.2, -0.15) is 0 Å². The molecule has 2 rings (SSSR count). The summed E-state index contributed by atoms with van der Waals surface area (Å²) in [5.41, 5.74) is -0.402. The van der Waals surface area contributed by atoms with Crippen LogP contribution in [0.2, 0.25) is 0 Å². The van der Waals surface area contributed by atoms with Gasteiger partial charge in [0.2, 0.25) is 10.0 Å². The van der Waals surface area contributed by atoms with E-state index in [-0.39, 0.29) is 15.9 Å². The van der Waals surface area contributed by atoms with Crippen molar-refractivity contribution in [1.29, 1.82) is 0 Å². The summed E-state index contributed by atoms with van der Waals surface area (Å²) < 4.78 is 45.5. The molecule has 1 N–H and O–H groups in total. The summed E-state index contributed by atoms with van der Waals surface area (Å²) in [5, 5.41) is 0. The van der Waals surface area contributed by atoms with E-state index in [4.69, 9.17) is 4.74 Å². The van der Waals surface area contributed by atoms with Gasteiger partial charge in [-0.15, -0.1) is 0 Å². The molecule has 19 heavy (non-hydrogen) atoms. The van der Waals surface area contributed by atoms with E-state index < -0.39 is 21.4 Å². The molecule has 0 unspecified atom stereocenters. The Hall–Kier alpha value is -0.500. The number of benzene rings is 1. The van der Waals surface area contributed by atoms with Crippen molar-refractivity contribution in [2.24, 2.45) is 0 Å². The fourth-order valence-electron chi connectivity index (χ4n) is 1.98. The van der Waals surface area contributed by atoms with Gasteiger partial charge in [0.05, 0.1) is 15.0 Å². The number of hydrogen-bond donors (Lipinski definition) is 1. The smallest absolute Gasteiger partial charge is 0.240 e. The number of methoxy groups -OCH3 is 1. The third-order valence-corrected chi connectivity index (χ3v) is 5.53. The van der Waals surface area contributed by atoms with Crippen molar-refractivity contribution in [3.05, 3.63) is 28.5 Å². The van der Waals surface area contributed by atoms with Gasteiger partial charge in [-0.05, 0) is 53.4 Å². The fourth-order valence-corrected chi connectivity index (χ4v) is 3.35. The predicted octanol–water partition coefficient (Wildman–Crippen LogP) is 2.44. The van der Waals surface area contributed by atoms with Gasteiger partial charge in [-0.25, -0.2) is 17.5 Å². The molecule has 0 spiro atoms. The van der Waals surface area contributed by atoms with Crippen LogP contribution < -0.4 is 4.72 Å². The maximum atomic E-state index is 13.4. The number of nitrogens with one attached hydrogen (secondary N) is 1. The fraction of sp³-hybridized carbons (Fsp3) is 0.500. The van der Waals surface area contributed by atoms with Crippen LogP contribution in [0.15, 0.2) is 27.6 Å². The molecule has 0 aliphatic heterocycles. The van der Waals surface area contributed by atoms with E-state index in [0.29, 0.717) is 0 Å². The van der Waals surface area contributed by atoms with Gasteiger partial charge in [0.25, 0.3) is 0 Å². The highest BCUT2D eigenvalue weighted by Gasteiger charge is 2.38. The molecule has 4 nitrogen and oxygen atoms in total. The molecule has 0 aromatic heterocycles. The SMILES string of the molecule is COC1(CNS(=O)(=O)c2ccc(Br)c(F)c2)CCC1. The third kappa shape index (κ3) is 3.16. The van der Waals surface area contributed by atoms with Gasteiger partial charge >= 0.3 is 0 Å². The number of ether oxygens (including phenoxy) is 1. The molecule has 7 heteroatoms. The van der Waals surface area contributed by atoms with E-state index >= 15 is 0 Å². The molecule has 0 atom stereocenters. The number of sulfonamides is 1. The lowest BCUT2D eigenvalue weighted by molar-refractivity contribution is -0.0659. The Morgan fingerprint density at radius 3 is 2.63 bits per heavy atom. The molecular formula is C12H15BrFNO3S. The Morgan fingerprint density at radius 2 is 2.16 bits per heavy atom. The highest BCUT2D eigenvalue weighted by Crippen LogP contribution is 2.34. The van der Waals surface area contributed by atoms with Gasteiger partial charge in [0, 0.05) is 13.7 Å². The van der Waals surface area contributed by atoms with Crippen LogP contribution in [0.3, 0.4) is 0 Å². The first-order valence-electron chi connectivity index (χ1n) is 5.88. The van der Waals surface area contributed by atoms with Crippen molar-refractivity contribution < 1.29 is 17.5 Å². The van der Waals surface area contributed by atoms with Crippen molar-refractivity contribution >= 4 is 26.0 Å². The van der Waals surface area contributed by atoms with E-state index in [1.54, 1.807) is 7.11 Å². The summed E-state index contributed by atoms with van der Waals surface area (Å²) in [6.45, 7) is 0.212. The van der Waals surface area contributed by atoms with Crippen LogP contribution >= 0.6 is 15.9 Å². The van der Waals surface area contributed by atoms with Gasteiger partial charge in [0.1, 0.15) is 5.82 Å². The van der Waals surface area contributed by atoms with Crippen LogP contribution in [0, 0.1) is 5.82 Å². The molecule has 106 valence electrons. The second-order valence-corrected chi connectivity index (χ2v) is 7.26. The second kappa shape index (κ2) is 5.47. The van der Waals surface area contributed by atoms with Crippen molar-refractivity contribution in [2.75, 3.05) is 13.7 Å². The lowest BCUT2D eigenvalue weighted by Crippen LogP contribution is -2.49. The molecule has 0 amide bonds. The lowest BCUT2D eigenvalue weighted by atomic mass is 9.80. The first-order chi connectivity index (χ1) is 8.88. The minimum absolute atomic E-state index is 0.0845. The zero-order chi connectivity index (χ0) is 14.1. The molecule has 1 aromatic rings. The van der Waals surface area contributed by atoms with Crippen LogP contribution in [-0.2, 0) is 14.8 Å². The van der Waals surface area contributed by atoms with E-state index in [1.807, 2.05) is 0 Å². The zero-order valence-corrected chi connectivity index (χ0v) is 12.9. The van der Waals surface area contributed by atoms with Crippen molar-refractivity contribution in [1.82, 2.24) is 4.72 Å². The van der Waals surface area contributed by atoms with Crippen LogP contribution in [0.5, 0.6) is 0 Å². The molecule has 0 radical (unpaired) electrons. The van der Waals surface area contributed by atoms with Crippen LogP contribution in [0.4, 0.5) is 4.39 Å². The van der Waals surface area contributed by atoms with Crippen molar-refractivity contribution in [2.45, 2.75) is 29.8 Å². The zero-order valence-electron chi connectivity index (χ0n) is 10.4. The van der Waals surface area contributed by atoms with Crippen molar-refractivity contribution in [3.8, 4) is 0 Å². The van der Waals surface area contributed by atoms with Gasteiger partial charge in [0.15, 0.2) is 0 Å². The Balaban J connectivity index is 2.11. The van der Waals surface area contributed by atoms with E-state index in [2.05, 4.69) is 20.7 Å². The molecule has 1 aromatic carbocycles. The minimum atomic E-state index is -3.71. The largest absolute Gasteiger partial charge is 0.377 e. The maximum Gasteiger partial charge on any atom is 0.240 e. The molecule has 1 aliphatic rings. The minimum Gasteiger partial charge on any atom is -0.377 e. The highest BCUT2D eigenvalue weighted by atomic mass is 79.9. The van der Waals surface area contributed by atoms with E-state index in [9.17, 15) is 12.8 Å². The average molecular weight is 352 g/mol. The number of hydrogen-bond acceptors (Lipinski definition) is 3. The normalized spacial score (nSPS) is 18.1. The lowest BCUT2D eigenvalue weighted by Gasteiger charge is -2.40. The maximum absolute atomic E-state index is 13.4. The Bertz CT molecular complexity index is 567. The first kappa shape index (κ1) is 14.9. The summed E-state index contributed by atoms with van der Waals surface area (Å²) >= 11 is 2.99. The summed E-state index contributed by atoms with van der Waals surface area (Å²) in [5.74, 6) is -0.604. The van der Waals surface area contributed by atoms with Crippen LogP contribution in [0.1, 0.15) is 19.3 Å². The molecule has 0 heterocycles. The third-order valence-electron chi connectivity index (χ3n) is 3.48. The molecule has 0 bridgehead atoms. The standard InChI is InChI=1S/C12H15BrFNO3S/c1-18-12(5-2-6-12)8-15-19(16,17)9-3-4-10(13)11(14)7-9/h3-4,7,15H,2,5-6,8H2,1H3. The number of rotatable bonds is 5. The molecule has 0 saturated heterocycles. The quantitative estimate of drug-likeness (QED) is 0.886. The Morgan fingerprint density at radius 1 is 1.47 bits per heavy atom. The van der Waals surface area contributed by atoms with Gasteiger partial charge in [-0.3, -0.25) is 0 Å². The highest BCUT2D eigenvalue weighted by molar-refractivity contribution is 9.10. The summed E-state index contributed by atoms with van der Waals surface area (Å²) in [6, 6.07) is 3.72. The monoisotopic (exact) mass is 351 g/mol. The van der Waals surface area contributed by atoms with E-state index in [0.717, 1.165) is 25.3 Å². The first-order valence-corrected chi connectivity index (χ1v) is 8.16. The Kier molecular flexibility index (Phi) is 4.29. The molecule has 1 fully saturated rings. The van der Waals surface area contributed by atoms with E-state index in [1.165, 1.54) is 12.1 Å². The molecular weight excluding hydrogens is 337 g/mol. The summed E-state index contributed by atoms with van der Waals surface area (Å²) in [6.07, 6.45) is 2.70. The topological polar surface area (TPSA) is 55.4 Å². The van der Waals surface area contributed by atoms with Gasteiger partial charge < -0.3 is 4.74 Å². The van der Waals surface area contributed by atoms with Crippen LogP contribution in [0.25, 0.3) is 0 Å².